The van der Waals surface area contributed by atoms with Crippen LogP contribution in [0.25, 0.3) is 0 Å². The molecule has 5 rings (SSSR count). The zero-order valence-electron chi connectivity index (χ0n) is 21.5. The van der Waals surface area contributed by atoms with Crippen LogP contribution in [0, 0.1) is 0 Å². The number of sulfonamides is 1. The van der Waals surface area contributed by atoms with E-state index in [1.807, 2.05) is 24.3 Å². The van der Waals surface area contributed by atoms with E-state index in [0.29, 0.717) is 16.9 Å². The van der Waals surface area contributed by atoms with Crippen molar-refractivity contribution in [1.82, 2.24) is 9.62 Å². The predicted molar refractivity (Wildman–Crippen MR) is 155 cm³/mol. The van der Waals surface area contributed by atoms with Crippen molar-refractivity contribution in [2.45, 2.75) is 37.1 Å². The number of hydrogen-bond donors (Lipinski definition) is 2. The average Bonchev–Trinajstić information content (AvgIpc) is 2.93. The Hall–Kier alpha value is -2.72. The first-order valence-corrected chi connectivity index (χ1v) is 15.4. The van der Waals surface area contributed by atoms with Gasteiger partial charge in [-0.25, -0.2) is 13.1 Å². The predicted octanol–water partition coefficient (Wildman–Crippen LogP) is 5.20. The third kappa shape index (κ3) is 5.96. The van der Waals surface area contributed by atoms with Gasteiger partial charge in [0.2, 0.25) is 10.0 Å². The van der Waals surface area contributed by atoms with Gasteiger partial charge in [-0.1, -0.05) is 47.1 Å². The second kappa shape index (κ2) is 11.6. The highest BCUT2D eigenvalue weighted by Gasteiger charge is 2.30. The molecule has 0 unspecified atom stereocenters. The van der Waals surface area contributed by atoms with Crippen molar-refractivity contribution in [1.29, 1.82) is 0 Å². The molecule has 1 amide bonds. The van der Waals surface area contributed by atoms with Crippen LogP contribution < -0.4 is 14.9 Å². The molecule has 3 aromatic rings. The smallest absolute Gasteiger partial charge is 0.255 e. The van der Waals surface area contributed by atoms with Crippen LogP contribution in [0.5, 0.6) is 0 Å². The lowest BCUT2D eigenvalue weighted by Gasteiger charge is -2.36. The average molecular weight is 598 g/mol. The van der Waals surface area contributed by atoms with E-state index in [9.17, 15) is 13.2 Å². The van der Waals surface area contributed by atoms with Gasteiger partial charge in [0.05, 0.1) is 5.69 Å². The quantitative estimate of drug-likeness (QED) is 0.392. The van der Waals surface area contributed by atoms with E-state index in [2.05, 4.69) is 48.8 Å². The van der Waals surface area contributed by atoms with Crippen molar-refractivity contribution in [3.05, 3.63) is 87.9 Å². The number of carbonyl (C=O) groups excluding carboxylic acids is 1. The van der Waals surface area contributed by atoms with Crippen LogP contribution in [-0.2, 0) is 16.4 Å². The number of carbonyl (C=O) groups is 1. The molecular formula is C29H33BrN4O3S. The minimum absolute atomic E-state index is 0.194. The van der Waals surface area contributed by atoms with E-state index >= 15 is 0 Å². The molecule has 200 valence electrons. The number of anilines is 2. The highest BCUT2D eigenvalue weighted by Crippen LogP contribution is 2.34. The molecule has 1 saturated heterocycles. The van der Waals surface area contributed by atoms with Gasteiger partial charge < -0.3 is 15.1 Å². The summed E-state index contributed by atoms with van der Waals surface area (Å²) in [6, 6.07) is 20.0. The zero-order valence-corrected chi connectivity index (χ0v) is 23.9. The standard InChI is InChI=1S/C29H33BrN4O3S/c1-2-33-16-18-34(19-17-33)27-15-14-24(31-29(35)22-10-12-23(30)13-11-22)20-28(27)38(36,37)32-26-9-5-7-21-6-3-4-8-25(21)26/h3-4,6,8,10-15,20,26,32H,2,5,7,9,16-19H2,1H3,(H,31,35)/t26-/m0/s1. The monoisotopic (exact) mass is 596 g/mol. The Labute approximate surface area is 233 Å². The molecular weight excluding hydrogens is 564 g/mol. The normalized spacial score (nSPS) is 18.2. The Kier molecular flexibility index (Phi) is 8.18. The SMILES string of the molecule is CCN1CCN(c2ccc(NC(=O)c3ccc(Br)cc3)cc2S(=O)(=O)N[C@H]2CCCc3ccccc32)CC1. The van der Waals surface area contributed by atoms with Crippen molar-refractivity contribution in [3.8, 4) is 0 Å². The summed E-state index contributed by atoms with van der Waals surface area (Å²) in [5, 5.41) is 2.88. The lowest BCUT2D eigenvalue weighted by molar-refractivity contribution is 0.102. The molecule has 2 N–H and O–H groups in total. The number of hydrogen-bond acceptors (Lipinski definition) is 5. The van der Waals surface area contributed by atoms with E-state index in [4.69, 9.17) is 0 Å². The van der Waals surface area contributed by atoms with Gasteiger partial charge in [-0.05, 0) is 79.4 Å². The molecule has 2 aliphatic rings. The van der Waals surface area contributed by atoms with Gasteiger partial charge in [0, 0.05) is 47.9 Å². The van der Waals surface area contributed by atoms with Crippen molar-refractivity contribution < 1.29 is 13.2 Å². The van der Waals surface area contributed by atoms with E-state index in [1.54, 1.807) is 36.4 Å². The lowest BCUT2D eigenvalue weighted by atomic mass is 9.88. The molecule has 1 atom stereocenters. The van der Waals surface area contributed by atoms with Gasteiger partial charge in [-0.15, -0.1) is 0 Å². The third-order valence-corrected chi connectivity index (χ3v) is 9.47. The molecule has 1 heterocycles. The number of piperazine rings is 1. The molecule has 1 aliphatic heterocycles. The van der Waals surface area contributed by atoms with Crippen LogP contribution in [0.3, 0.4) is 0 Å². The second-order valence-corrected chi connectivity index (χ2v) is 12.4. The van der Waals surface area contributed by atoms with Crippen LogP contribution in [0.1, 0.15) is 47.3 Å². The van der Waals surface area contributed by atoms with Gasteiger partial charge in [-0.3, -0.25) is 4.79 Å². The molecule has 0 spiro atoms. The van der Waals surface area contributed by atoms with Crippen LogP contribution in [0.4, 0.5) is 11.4 Å². The van der Waals surface area contributed by atoms with E-state index < -0.39 is 10.0 Å². The van der Waals surface area contributed by atoms with Gasteiger partial charge >= 0.3 is 0 Å². The fourth-order valence-corrected chi connectivity index (χ4v) is 7.07. The molecule has 7 nitrogen and oxygen atoms in total. The molecule has 0 radical (unpaired) electrons. The molecule has 0 bridgehead atoms. The Morgan fingerprint density at radius 1 is 1.00 bits per heavy atom. The number of halogens is 1. The number of rotatable bonds is 7. The summed E-state index contributed by atoms with van der Waals surface area (Å²) in [4.78, 5) is 17.6. The van der Waals surface area contributed by atoms with E-state index in [-0.39, 0.29) is 16.8 Å². The molecule has 3 aromatic carbocycles. The van der Waals surface area contributed by atoms with Crippen molar-refractivity contribution >= 4 is 43.2 Å². The number of amides is 1. The van der Waals surface area contributed by atoms with Gasteiger partial charge in [-0.2, -0.15) is 0 Å². The topological polar surface area (TPSA) is 81.8 Å². The Morgan fingerprint density at radius 2 is 1.74 bits per heavy atom. The number of likely N-dealkylation sites (N-methyl/N-ethyl adjacent to an activating group) is 1. The fraction of sp³-hybridized carbons (Fsp3) is 0.345. The largest absolute Gasteiger partial charge is 0.368 e. The number of benzene rings is 3. The summed E-state index contributed by atoms with van der Waals surface area (Å²) < 4.78 is 31.8. The van der Waals surface area contributed by atoms with Gasteiger partial charge in [0.25, 0.3) is 5.91 Å². The first-order chi connectivity index (χ1) is 18.3. The molecule has 1 fully saturated rings. The number of nitrogens with zero attached hydrogens (tertiary/aromatic N) is 2. The van der Waals surface area contributed by atoms with Crippen LogP contribution in [-0.4, -0.2) is 51.9 Å². The minimum atomic E-state index is -3.89. The van der Waals surface area contributed by atoms with Crippen LogP contribution >= 0.6 is 15.9 Å². The summed E-state index contributed by atoms with van der Waals surface area (Å²) >= 11 is 3.38. The maximum atomic E-state index is 14.0. The first kappa shape index (κ1) is 26.9. The molecule has 0 aromatic heterocycles. The maximum absolute atomic E-state index is 14.0. The summed E-state index contributed by atoms with van der Waals surface area (Å²) in [6.07, 6.45) is 2.64. The zero-order chi connectivity index (χ0) is 26.7. The molecule has 1 aliphatic carbocycles. The van der Waals surface area contributed by atoms with Crippen molar-refractivity contribution in [3.63, 3.8) is 0 Å². The van der Waals surface area contributed by atoms with Crippen LogP contribution in [0.15, 0.2) is 76.1 Å². The summed E-state index contributed by atoms with van der Waals surface area (Å²) in [5.41, 5.74) is 3.84. The summed E-state index contributed by atoms with van der Waals surface area (Å²) in [6.45, 7) is 6.35. The van der Waals surface area contributed by atoms with E-state index in [1.165, 1.54) is 5.56 Å². The third-order valence-electron chi connectivity index (χ3n) is 7.44. The molecule has 9 heteroatoms. The van der Waals surface area contributed by atoms with Crippen molar-refractivity contribution in [2.24, 2.45) is 0 Å². The Balaban J connectivity index is 1.47. The minimum Gasteiger partial charge on any atom is -0.368 e. The molecule has 38 heavy (non-hydrogen) atoms. The summed E-state index contributed by atoms with van der Waals surface area (Å²) in [5.74, 6) is -0.292. The van der Waals surface area contributed by atoms with Gasteiger partial charge in [0.15, 0.2) is 0 Å². The highest BCUT2D eigenvalue weighted by molar-refractivity contribution is 9.10. The summed E-state index contributed by atoms with van der Waals surface area (Å²) in [7, 11) is -3.89. The van der Waals surface area contributed by atoms with Gasteiger partial charge in [0.1, 0.15) is 4.90 Å². The Morgan fingerprint density at radius 3 is 2.47 bits per heavy atom. The number of fused-ring (bicyclic) bond motifs is 1. The maximum Gasteiger partial charge on any atom is 0.255 e. The second-order valence-electron chi connectivity index (χ2n) is 9.83. The number of nitrogens with one attached hydrogen (secondary N) is 2. The fourth-order valence-electron chi connectivity index (χ4n) is 5.31. The number of aryl methyl sites for hydroxylation is 1. The van der Waals surface area contributed by atoms with Crippen molar-refractivity contribution in [2.75, 3.05) is 42.9 Å². The van der Waals surface area contributed by atoms with Crippen LogP contribution in [0.2, 0.25) is 0 Å². The Bertz CT molecular complexity index is 1400. The molecule has 0 saturated carbocycles. The highest BCUT2D eigenvalue weighted by atomic mass is 79.9. The first-order valence-electron chi connectivity index (χ1n) is 13.1. The van der Waals surface area contributed by atoms with E-state index in [0.717, 1.165) is 62.0 Å². The lowest BCUT2D eigenvalue weighted by Crippen LogP contribution is -2.46.